The first-order valence-corrected chi connectivity index (χ1v) is 9.04. The van der Waals surface area contributed by atoms with Crippen LogP contribution in [0.2, 0.25) is 0 Å². The maximum absolute atomic E-state index is 12.2. The molecule has 0 radical (unpaired) electrons. The molecule has 0 amide bonds. The van der Waals surface area contributed by atoms with Crippen molar-refractivity contribution in [2.75, 3.05) is 11.3 Å². The lowest BCUT2D eigenvalue weighted by atomic mass is 10.4. The number of nitrogens with zero attached hydrogens (tertiary/aromatic N) is 1. The normalized spacial score (nSPS) is 11.5. The standard InChI is InChI=1S/C12H14BrN3O2S2/c1-2-14-8-10-4-6-12(19-10)20(17,18)16-11-5-3-9(13)7-15-11/h3-7,14H,2,8H2,1H3,(H,15,16). The fourth-order valence-electron chi connectivity index (χ4n) is 1.47. The van der Waals surface area contributed by atoms with E-state index >= 15 is 0 Å². The van der Waals surface area contributed by atoms with E-state index < -0.39 is 10.0 Å². The summed E-state index contributed by atoms with van der Waals surface area (Å²) in [6, 6.07) is 6.76. The minimum Gasteiger partial charge on any atom is -0.312 e. The first kappa shape index (κ1) is 15.4. The Kier molecular flexibility index (Phi) is 5.14. The van der Waals surface area contributed by atoms with Gasteiger partial charge in [-0.15, -0.1) is 11.3 Å². The summed E-state index contributed by atoms with van der Waals surface area (Å²) in [4.78, 5) is 4.98. The number of aromatic nitrogens is 1. The highest BCUT2D eigenvalue weighted by Crippen LogP contribution is 2.23. The van der Waals surface area contributed by atoms with Crippen LogP contribution < -0.4 is 10.0 Å². The van der Waals surface area contributed by atoms with E-state index in [1.54, 1.807) is 24.4 Å². The van der Waals surface area contributed by atoms with Crippen molar-refractivity contribution in [2.45, 2.75) is 17.7 Å². The van der Waals surface area contributed by atoms with Crippen LogP contribution in [0, 0.1) is 0 Å². The Morgan fingerprint density at radius 2 is 2.10 bits per heavy atom. The Hall–Kier alpha value is -0.960. The summed E-state index contributed by atoms with van der Waals surface area (Å²) in [5.74, 6) is 0.301. The molecule has 0 fully saturated rings. The Bertz CT molecular complexity index is 668. The summed E-state index contributed by atoms with van der Waals surface area (Å²) in [5.41, 5.74) is 0. The van der Waals surface area contributed by atoms with E-state index in [-0.39, 0.29) is 4.21 Å². The second kappa shape index (κ2) is 6.66. The van der Waals surface area contributed by atoms with E-state index in [0.29, 0.717) is 12.4 Å². The van der Waals surface area contributed by atoms with Crippen LogP contribution in [0.5, 0.6) is 0 Å². The third-order valence-electron chi connectivity index (χ3n) is 2.42. The number of sulfonamides is 1. The summed E-state index contributed by atoms with van der Waals surface area (Å²) in [7, 11) is -3.57. The van der Waals surface area contributed by atoms with Crippen molar-refractivity contribution in [3.8, 4) is 0 Å². The van der Waals surface area contributed by atoms with Crippen LogP contribution >= 0.6 is 27.3 Å². The Balaban J connectivity index is 2.13. The molecule has 0 saturated carbocycles. The lowest BCUT2D eigenvalue weighted by Crippen LogP contribution is -2.12. The quantitative estimate of drug-likeness (QED) is 0.814. The van der Waals surface area contributed by atoms with E-state index in [9.17, 15) is 8.42 Å². The second-order valence-electron chi connectivity index (χ2n) is 3.97. The molecule has 0 aromatic carbocycles. The van der Waals surface area contributed by atoms with Gasteiger partial charge in [-0.25, -0.2) is 13.4 Å². The van der Waals surface area contributed by atoms with Crippen molar-refractivity contribution in [2.24, 2.45) is 0 Å². The molecule has 2 aromatic heterocycles. The molecule has 5 nitrogen and oxygen atoms in total. The number of rotatable bonds is 6. The molecule has 2 rings (SSSR count). The van der Waals surface area contributed by atoms with Gasteiger partial charge in [-0.1, -0.05) is 6.92 Å². The van der Waals surface area contributed by atoms with Gasteiger partial charge >= 0.3 is 0 Å². The van der Waals surface area contributed by atoms with Crippen LogP contribution in [0.4, 0.5) is 5.82 Å². The molecule has 2 N–H and O–H groups in total. The van der Waals surface area contributed by atoms with E-state index in [0.717, 1.165) is 15.9 Å². The minimum absolute atomic E-state index is 0.287. The number of anilines is 1. The monoisotopic (exact) mass is 375 g/mol. The second-order valence-corrected chi connectivity index (χ2v) is 7.96. The molecule has 0 aliphatic carbocycles. The largest absolute Gasteiger partial charge is 0.312 e. The van der Waals surface area contributed by atoms with E-state index in [1.807, 2.05) is 13.0 Å². The zero-order valence-corrected chi connectivity index (χ0v) is 14.0. The summed E-state index contributed by atoms with van der Waals surface area (Å²) >= 11 is 4.50. The molecule has 20 heavy (non-hydrogen) atoms. The Labute approximate surface area is 130 Å². The molecule has 0 atom stereocenters. The van der Waals surface area contributed by atoms with Gasteiger partial charge in [0.25, 0.3) is 10.0 Å². The minimum atomic E-state index is -3.57. The molecule has 2 heterocycles. The topological polar surface area (TPSA) is 71.1 Å². The predicted molar refractivity (Wildman–Crippen MR) is 84.4 cm³/mol. The number of hydrogen-bond donors (Lipinski definition) is 2. The van der Waals surface area contributed by atoms with Crippen LogP contribution in [-0.2, 0) is 16.6 Å². The van der Waals surface area contributed by atoms with Crippen molar-refractivity contribution in [3.63, 3.8) is 0 Å². The summed E-state index contributed by atoms with van der Waals surface area (Å²) in [6.07, 6.45) is 1.54. The number of halogens is 1. The molecule has 0 saturated heterocycles. The molecular formula is C12H14BrN3O2S2. The van der Waals surface area contributed by atoms with Crippen LogP contribution in [-0.4, -0.2) is 19.9 Å². The first-order valence-electron chi connectivity index (χ1n) is 5.95. The first-order chi connectivity index (χ1) is 9.51. The fraction of sp³-hybridized carbons (Fsp3) is 0.250. The smallest absolute Gasteiger partial charge is 0.272 e. The lowest BCUT2D eigenvalue weighted by molar-refractivity contribution is 0.603. The number of thiophene rings is 1. The van der Waals surface area contributed by atoms with Gasteiger partial charge in [0.1, 0.15) is 10.0 Å². The van der Waals surface area contributed by atoms with Gasteiger partial charge in [-0.3, -0.25) is 4.72 Å². The van der Waals surface area contributed by atoms with Crippen molar-refractivity contribution >= 4 is 43.1 Å². The molecule has 2 aromatic rings. The van der Waals surface area contributed by atoms with Gasteiger partial charge in [-0.05, 0) is 46.7 Å². The Morgan fingerprint density at radius 1 is 1.30 bits per heavy atom. The number of pyridine rings is 1. The SMILES string of the molecule is CCNCc1ccc(S(=O)(=O)Nc2ccc(Br)cn2)s1. The number of hydrogen-bond acceptors (Lipinski definition) is 5. The zero-order valence-electron chi connectivity index (χ0n) is 10.8. The highest BCUT2D eigenvalue weighted by atomic mass is 79.9. The molecule has 0 bridgehead atoms. The van der Waals surface area contributed by atoms with Gasteiger partial charge in [0, 0.05) is 22.1 Å². The van der Waals surface area contributed by atoms with E-state index in [4.69, 9.17) is 0 Å². The van der Waals surface area contributed by atoms with Crippen molar-refractivity contribution in [1.29, 1.82) is 0 Å². The van der Waals surface area contributed by atoms with Crippen LogP contribution in [0.15, 0.2) is 39.1 Å². The molecular weight excluding hydrogens is 362 g/mol. The molecule has 0 unspecified atom stereocenters. The molecule has 0 aliphatic rings. The van der Waals surface area contributed by atoms with Crippen LogP contribution in [0.3, 0.4) is 0 Å². The predicted octanol–water partition coefficient (Wildman–Crippen LogP) is 2.82. The maximum Gasteiger partial charge on any atom is 0.272 e. The van der Waals surface area contributed by atoms with Gasteiger partial charge in [0.2, 0.25) is 0 Å². The Morgan fingerprint density at radius 3 is 2.75 bits per heavy atom. The van der Waals surface area contributed by atoms with Crippen molar-refractivity contribution < 1.29 is 8.42 Å². The lowest BCUT2D eigenvalue weighted by Gasteiger charge is -2.05. The molecule has 0 spiro atoms. The summed E-state index contributed by atoms with van der Waals surface area (Å²) in [5, 5.41) is 3.16. The third kappa shape index (κ3) is 4.02. The molecule has 108 valence electrons. The van der Waals surface area contributed by atoms with Crippen LogP contribution in [0.25, 0.3) is 0 Å². The summed E-state index contributed by atoms with van der Waals surface area (Å²) < 4.78 is 27.9. The van der Waals surface area contributed by atoms with Gasteiger partial charge in [0.15, 0.2) is 0 Å². The van der Waals surface area contributed by atoms with Crippen molar-refractivity contribution in [3.05, 3.63) is 39.8 Å². The highest BCUT2D eigenvalue weighted by molar-refractivity contribution is 9.10. The average molecular weight is 376 g/mol. The zero-order chi connectivity index (χ0) is 14.6. The van der Waals surface area contributed by atoms with Crippen molar-refractivity contribution in [1.82, 2.24) is 10.3 Å². The van der Waals surface area contributed by atoms with Gasteiger partial charge in [-0.2, -0.15) is 0 Å². The van der Waals surface area contributed by atoms with E-state index in [1.165, 1.54) is 11.3 Å². The third-order valence-corrected chi connectivity index (χ3v) is 5.82. The average Bonchev–Trinajstić information content (AvgIpc) is 2.88. The van der Waals surface area contributed by atoms with Crippen LogP contribution in [0.1, 0.15) is 11.8 Å². The molecule has 8 heteroatoms. The summed E-state index contributed by atoms with van der Waals surface area (Å²) in [6.45, 7) is 3.53. The molecule has 0 aliphatic heterocycles. The maximum atomic E-state index is 12.2. The highest BCUT2D eigenvalue weighted by Gasteiger charge is 2.17. The fourth-order valence-corrected chi connectivity index (χ4v) is 4.04. The van der Waals surface area contributed by atoms with Gasteiger partial charge < -0.3 is 5.32 Å². The number of nitrogens with one attached hydrogen (secondary N) is 2. The van der Waals surface area contributed by atoms with E-state index in [2.05, 4.69) is 31.0 Å². The van der Waals surface area contributed by atoms with Gasteiger partial charge in [0.05, 0.1) is 0 Å².